The molecule has 0 saturated carbocycles. The van der Waals surface area contributed by atoms with E-state index in [4.69, 9.17) is 0 Å². The molecule has 0 saturated heterocycles. The topological polar surface area (TPSA) is 12.0 Å². The van der Waals surface area contributed by atoms with E-state index >= 15 is 0 Å². The van der Waals surface area contributed by atoms with Crippen LogP contribution in [0.3, 0.4) is 0 Å². The van der Waals surface area contributed by atoms with Crippen molar-refractivity contribution in [3.05, 3.63) is 58.6 Å². The second-order valence-corrected chi connectivity index (χ2v) is 5.26. The second kappa shape index (κ2) is 6.72. The van der Waals surface area contributed by atoms with Crippen LogP contribution in [0.25, 0.3) is 11.1 Å². The third kappa shape index (κ3) is 3.44. The third-order valence-corrected chi connectivity index (χ3v) is 3.44. The van der Waals surface area contributed by atoms with Crippen molar-refractivity contribution in [2.75, 3.05) is 6.54 Å². The van der Waals surface area contributed by atoms with Crippen molar-refractivity contribution in [1.29, 1.82) is 0 Å². The zero-order valence-corrected chi connectivity index (χ0v) is 12.2. The molecular weight excluding hydrogens is 286 g/mol. The molecule has 1 nitrogen and oxygen atoms in total. The Kier molecular flexibility index (Phi) is 4.97. The van der Waals surface area contributed by atoms with E-state index in [0.29, 0.717) is 0 Å². The Bertz CT molecular complexity index is 491. The van der Waals surface area contributed by atoms with E-state index in [1.807, 2.05) is 0 Å². The number of rotatable bonds is 5. The highest BCUT2D eigenvalue weighted by molar-refractivity contribution is 9.10. The molecule has 0 heterocycles. The summed E-state index contributed by atoms with van der Waals surface area (Å²) in [5, 5.41) is 3.46. The fraction of sp³-hybridized carbons (Fsp3) is 0.250. The minimum absolute atomic E-state index is 0.931. The van der Waals surface area contributed by atoms with Crippen LogP contribution in [0.15, 0.2) is 53.0 Å². The van der Waals surface area contributed by atoms with Crippen molar-refractivity contribution in [1.82, 2.24) is 5.32 Å². The smallest absolute Gasteiger partial charge is 0.0211 e. The molecule has 0 fully saturated rings. The normalized spacial score (nSPS) is 10.6. The summed E-state index contributed by atoms with van der Waals surface area (Å²) < 4.78 is 1.12. The van der Waals surface area contributed by atoms with Crippen molar-refractivity contribution in [3.63, 3.8) is 0 Å². The lowest BCUT2D eigenvalue weighted by Gasteiger charge is -2.10. The SMILES string of the molecule is CCCNCc1ccccc1-c1ccc(Br)cc1. The first kappa shape index (κ1) is 13.3. The molecule has 2 aromatic carbocycles. The van der Waals surface area contributed by atoms with E-state index < -0.39 is 0 Å². The first-order chi connectivity index (χ1) is 8.81. The molecule has 0 aliphatic carbocycles. The zero-order chi connectivity index (χ0) is 12.8. The van der Waals surface area contributed by atoms with E-state index in [1.165, 1.54) is 23.1 Å². The second-order valence-electron chi connectivity index (χ2n) is 4.34. The quantitative estimate of drug-likeness (QED) is 0.795. The van der Waals surface area contributed by atoms with Crippen LogP contribution in [-0.4, -0.2) is 6.54 Å². The number of hydrogen-bond donors (Lipinski definition) is 1. The third-order valence-electron chi connectivity index (χ3n) is 2.91. The molecule has 2 rings (SSSR count). The minimum Gasteiger partial charge on any atom is -0.313 e. The first-order valence-electron chi connectivity index (χ1n) is 6.36. The van der Waals surface area contributed by atoms with Crippen molar-refractivity contribution >= 4 is 15.9 Å². The van der Waals surface area contributed by atoms with Gasteiger partial charge in [0.25, 0.3) is 0 Å². The molecule has 0 atom stereocenters. The van der Waals surface area contributed by atoms with E-state index in [0.717, 1.165) is 17.6 Å². The van der Waals surface area contributed by atoms with Gasteiger partial charge in [0.15, 0.2) is 0 Å². The summed E-state index contributed by atoms with van der Waals surface area (Å²) in [5.41, 5.74) is 3.94. The Balaban J connectivity index is 2.23. The van der Waals surface area contributed by atoms with Crippen molar-refractivity contribution in [2.45, 2.75) is 19.9 Å². The van der Waals surface area contributed by atoms with E-state index in [-0.39, 0.29) is 0 Å². The Morgan fingerprint density at radius 1 is 1.00 bits per heavy atom. The molecule has 0 unspecified atom stereocenters. The largest absolute Gasteiger partial charge is 0.313 e. The van der Waals surface area contributed by atoms with E-state index in [2.05, 4.69) is 76.7 Å². The maximum Gasteiger partial charge on any atom is 0.0211 e. The van der Waals surface area contributed by atoms with E-state index in [1.54, 1.807) is 0 Å². The van der Waals surface area contributed by atoms with Gasteiger partial charge in [-0.1, -0.05) is 59.3 Å². The van der Waals surface area contributed by atoms with Crippen LogP contribution >= 0.6 is 15.9 Å². The van der Waals surface area contributed by atoms with Gasteiger partial charge in [-0.2, -0.15) is 0 Å². The number of hydrogen-bond acceptors (Lipinski definition) is 1. The molecule has 1 N–H and O–H groups in total. The lowest BCUT2D eigenvalue weighted by Crippen LogP contribution is -2.14. The van der Waals surface area contributed by atoms with Gasteiger partial charge in [-0.05, 0) is 41.8 Å². The van der Waals surface area contributed by atoms with Gasteiger partial charge >= 0.3 is 0 Å². The van der Waals surface area contributed by atoms with Crippen molar-refractivity contribution < 1.29 is 0 Å². The molecule has 0 amide bonds. The highest BCUT2D eigenvalue weighted by Gasteiger charge is 2.03. The Labute approximate surface area is 117 Å². The fourth-order valence-corrected chi connectivity index (χ4v) is 2.25. The van der Waals surface area contributed by atoms with Gasteiger partial charge in [0.1, 0.15) is 0 Å². The molecule has 0 aliphatic rings. The lowest BCUT2D eigenvalue weighted by molar-refractivity contribution is 0.676. The average Bonchev–Trinajstić information content (AvgIpc) is 2.41. The summed E-state index contributed by atoms with van der Waals surface area (Å²) in [6, 6.07) is 17.1. The van der Waals surface area contributed by atoms with Crippen LogP contribution in [0, 0.1) is 0 Å². The molecule has 18 heavy (non-hydrogen) atoms. The number of halogens is 1. The van der Waals surface area contributed by atoms with E-state index in [9.17, 15) is 0 Å². The van der Waals surface area contributed by atoms with Crippen LogP contribution in [-0.2, 0) is 6.54 Å². The van der Waals surface area contributed by atoms with Crippen LogP contribution in [0.4, 0.5) is 0 Å². The molecule has 0 radical (unpaired) electrons. The van der Waals surface area contributed by atoms with Gasteiger partial charge in [0, 0.05) is 11.0 Å². The maximum absolute atomic E-state index is 3.48. The monoisotopic (exact) mass is 303 g/mol. The Hall–Kier alpha value is -1.12. The lowest BCUT2D eigenvalue weighted by atomic mass is 10.00. The van der Waals surface area contributed by atoms with Gasteiger partial charge in [-0.25, -0.2) is 0 Å². The molecule has 2 heteroatoms. The van der Waals surface area contributed by atoms with Crippen LogP contribution in [0.2, 0.25) is 0 Å². The summed E-state index contributed by atoms with van der Waals surface area (Å²) in [6.07, 6.45) is 1.17. The highest BCUT2D eigenvalue weighted by Crippen LogP contribution is 2.25. The molecule has 0 aliphatic heterocycles. The van der Waals surface area contributed by atoms with Crippen LogP contribution in [0.5, 0.6) is 0 Å². The predicted molar refractivity (Wildman–Crippen MR) is 81.6 cm³/mol. The molecule has 0 bridgehead atoms. The summed E-state index contributed by atoms with van der Waals surface area (Å²) in [5.74, 6) is 0. The van der Waals surface area contributed by atoms with Gasteiger partial charge in [-0.3, -0.25) is 0 Å². The molecule has 0 spiro atoms. The molecule has 0 aromatic heterocycles. The predicted octanol–water partition coefficient (Wildman–Crippen LogP) is 4.62. The fourth-order valence-electron chi connectivity index (χ4n) is 1.99. The maximum atomic E-state index is 3.48. The standard InChI is InChI=1S/C16H18BrN/c1-2-11-18-12-14-5-3-4-6-16(14)13-7-9-15(17)10-8-13/h3-10,18H,2,11-12H2,1H3. The van der Waals surface area contributed by atoms with Gasteiger partial charge in [-0.15, -0.1) is 0 Å². The summed E-state index contributed by atoms with van der Waals surface area (Å²) in [4.78, 5) is 0. The highest BCUT2D eigenvalue weighted by atomic mass is 79.9. The van der Waals surface area contributed by atoms with Crippen LogP contribution in [0.1, 0.15) is 18.9 Å². The average molecular weight is 304 g/mol. The van der Waals surface area contributed by atoms with Crippen LogP contribution < -0.4 is 5.32 Å². The first-order valence-corrected chi connectivity index (χ1v) is 7.15. The van der Waals surface area contributed by atoms with Gasteiger partial charge in [0.05, 0.1) is 0 Å². The Morgan fingerprint density at radius 2 is 1.72 bits per heavy atom. The van der Waals surface area contributed by atoms with Gasteiger partial charge in [0.2, 0.25) is 0 Å². The minimum atomic E-state index is 0.931. The van der Waals surface area contributed by atoms with Gasteiger partial charge < -0.3 is 5.32 Å². The van der Waals surface area contributed by atoms with Crippen molar-refractivity contribution in [3.8, 4) is 11.1 Å². The zero-order valence-electron chi connectivity index (χ0n) is 10.6. The molecule has 94 valence electrons. The number of benzene rings is 2. The summed E-state index contributed by atoms with van der Waals surface area (Å²) in [6.45, 7) is 4.18. The van der Waals surface area contributed by atoms with Crippen molar-refractivity contribution in [2.24, 2.45) is 0 Å². The summed E-state index contributed by atoms with van der Waals surface area (Å²) >= 11 is 3.48. The molecular formula is C16H18BrN. The molecule has 2 aromatic rings. The number of nitrogens with one attached hydrogen (secondary N) is 1. The summed E-state index contributed by atoms with van der Waals surface area (Å²) in [7, 11) is 0. The Morgan fingerprint density at radius 3 is 2.44 bits per heavy atom.